The van der Waals surface area contributed by atoms with Gasteiger partial charge < -0.3 is 14.6 Å². The molecule has 5 atom stereocenters. The van der Waals surface area contributed by atoms with Crippen LogP contribution in [0.5, 0.6) is 0 Å². The number of alkyl halides is 1. The molecule has 3 fully saturated rings. The first-order valence-electron chi connectivity index (χ1n) is 8.82. The molecular weight excluding hydrogens is 472 g/mol. The molecule has 1 aliphatic carbocycles. The van der Waals surface area contributed by atoms with E-state index < -0.39 is 62.7 Å². The summed E-state index contributed by atoms with van der Waals surface area (Å²) in [5, 5.41) is 12.0. The van der Waals surface area contributed by atoms with Gasteiger partial charge in [0.1, 0.15) is 17.8 Å². The molecule has 0 aromatic heterocycles. The van der Waals surface area contributed by atoms with Crippen molar-refractivity contribution in [2.45, 2.75) is 55.8 Å². The zero-order chi connectivity index (χ0) is 22.1. The van der Waals surface area contributed by atoms with E-state index in [-0.39, 0.29) is 13.0 Å². The highest BCUT2D eigenvalue weighted by Crippen LogP contribution is 2.44. The Labute approximate surface area is 178 Å². The van der Waals surface area contributed by atoms with Crippen LogP contribution in [0.15, 0.2) is 17.6 Å². The van der Waals surface area contributed by atoms with E-state index in [1.807, 2.05) is 0 Å². The maximum atomic E-state index is 12.9. The lowest BCUT2D eigenvalue weighted by atomic mass is 9.74. The fourth-order valence-electron chi connectivity index (χ4n) is 3.31. The third kappa shape index (κ3) is 5.70. The average Bonchev–Trinajstić information content (AvgIpc) is 2.54. The molecule has 0 N–H and O–H groups in total. The Morgan fingerprint density at radius 3 is 2.59 bits per heavy atom. The molecule has 2 saturated heterocycles. The summed E-state index contributed by atoms with van der Waals surface area (Å²) in [6.07, 6.45) is -0.678. The number of halogens is 1. The van der Waals surface area contributed by atoms with Gasteiger partial charge in [0.05, 0.1) is 29.1 Å². The van der Waals surface area contributed by atoms with E-state index in [1.165, 1.54) is 6.08 Å². The average molecular weight is 496 g/mol. The van der Waals surface area contributed by atoms with E-state index in [0.29, 0.717) is 0 Å². The number of carbonyl (C=O) groups is 2. The minimum Gasteiger partial charge on any atom is -0.596 e. The minimum atomic E-state index is -3.94. The molecule has 29 heavy (non-hydrogen) atoms. The predicted molar refractivity (Wildman–Crippen MR) is 105 cm³/mol. The van der Waals surface area contributed by atoms with Gasteiger partial charge in [-0.15, -0.1) is 6.58 Å². The number of aliphatic imine (C=N–C) groups is 1. The molecule has 0 spiro atoms. The highest BCUT2D eigenvalue weighted by atomic mass is 79.9. The van der Waals surface area contributed by atoms with Crippen LogP contribution in [-0.2, 0) is 28.6 Å². The van der Waals surface area contributed by atoms with Crippen LogP contribution >= 0.6 is 15.9 Å². The Morgan fingerprint density at radius 1 is 1.45 bits per heavy atom. The first-order chi connectivity index (χ1) is 13.2. The summed E-state index contributed by atoms with van der Waals surface area (Å²) in [5.74, 6) is -1.40. The normalized spacial score (nSPS) is 30.2. The Hall–Kier alpha value is -1.66. The van der Waals surface area contributed by atoms with Crippen LogP contribution in [0.4, 0.5) is 4.79 Å². The maximum absolute atomic E-state index is 12.9. The molecule has 3 rings (SSSR count). The van der Waals surface area contributed by atoms with Gasteiger partial charge in [0, 0.05) is 6.61 Å². The lowest BCUT2D eigenvalue weighted by Gasteiger charge is -2.52. The molecule has 0 radical (unpaired) electrons. The van der Waals surface area contributed by atoms with Gasteiger partial charge in [-0.05, 0) is 27.2 Å². The Morgan fingerprint density at radius 2 is 2.07 bits per heavy atom. The topological polar surface area (TPSA) is 135 Å². The van der Waals surface area contributed by atoms with E-state index in [2.05, 4.69) is 27.5 Å². The second-order valence-electron chi connectivity index (χ2n) is 7.79. The van der Waals surface area contributed by atoms with Gasteiger partial charge in [-0.1, -0.05) is 22.0 Å². The van der Waals surface area contributed by atoms with Gasteiger partial charge in [-0.3, -0.25) is 14.0 Å². The van der Waals surface area contributed by atoms with E-state index in [0.717, 1.165) is 11.2 Å². The molecule has 2 heterocycles. The Balaban J connectivity index is 2.46. The molecule has 1 saturated carbocycles. The smallest absolute Gasteiger partial charge is 0.417 e. The summed E-state index contributed by atoms with van der Waals surface area (Å²) in [7, 11) is -3.94. The van der Waals surface area contributed by atoms with E-state index in [1.54, 1.807) is 20.8 Å². The van der Waals surface area contributed by atoms with Crippen LogP contribution in [0.1, 0.15) is 27.2 Å². The SMILES string of the molecule is C=CCOC([O-])=NC1CC2C(=O)N(C(=O)OC(C)(C)C)C1C(OS(C)(=O)=O)C2Br. The fraction of sp³-hybridized carbons (Fsp3) is 0.706. The largest absolute Gasteiger partial charge is 0.596 e. The molecule has 5 unspecified atom stereocenters. The molecule has 12 heteroatoms. The second-order valence-corrected chi connectivity index (χ2v) is 10.5. The monoisotopic (exact) mass is 495 g/mol. The van der Waals surface area contributed by atoms with Gasteiger partial charge in [-0.25, -0.2) is 9.69 Å². The number of hydrogen-bond donors (Lipinski definition) is 0. The van der Waals surface area contributed by atoms with E-state index in [9.17, 15) is 23.1 Å². The summed E-state index contributed by atoms with van der Waals surface area (Å²) in [4.78, 5) is 29.6. The van der Waals surface area contributed by atoms with Crippen molar-refractivity contribution in [1.82, 2.24) is 4.90 Å². The number of imide groups is 1. The third-order valence-electron chi connectivity index (χ3n) is 4.25. The van der Waals surface area contributed by atoms with Crippen molar-refractivity contribution in [2.24, 2.45) is 10.9 Å². The maximum Gasteiger partial charge on any atom is 0.417 e. The van der Waals surface area contributed by atoms with Gasteiger partial charge in [0.25, 0.3) is 10.1 Å². The Bertz CT molecular complexity index is 807. The molecule has 164 valence electrons. The molecule has 0 aromatic rings. The highest BCUT2D eigenvalue weighted by Gasteiger charge is 2.60. The molecule has 2 amide bonds. The lowest BCUT2D eigenvalue weighted by Crippen LogP contribution is -2.71. The van der Waals surface area contributed by atoms with Crippen LogP contribution in [0.25, 0.3) is 0 Å². The standard InChI is InChI=1S/C17H25BrN2O8S/c1-6-7-26-15(22)19-10-8-9-11(18)13(28-29(5,24)25)12(10)20(14(9)21)16(23)27-17(2,3)4/h6,9-13H,1,7-8H2,2-5H3,(H,19,22)/p-1. The molecule has 2 aliphatic heterocycles. The van der Waals surface area contributed by atoms with Crippen molar-refractivity contribution in [3.8, 4) is 0 Å². The van der Waals surface area contributed by atoms with Crippen molar-refractivity contribution in [3.05, 3.63) is 12.7 Å². The number of ether oxygens (including phenoxy) is 2. The number of fused-ring (bicyclic) bond motifs is 3. The highest BCUT2D eigenvalue weighted by molar-refractivity contribution is 9.09. The van der Waals surface area contributed by atoms with Gasteiger partial charge in [-0.2, -0.15) is 8.42 Å². The molecular formula is C17H24BrN2O8S-. The van der Waals surface area contributed by atoms with Crippen LogP contribution in [-0.4, -0.2) is 72.9 Å². The van der Waals surface area contributed by atoms with Crippen LogP contribution in [0, 0.1) is 5.92 Å². The third-order valence-corrected chi connectivity index (χ3v) is 5.98. The van der Waals surface area contributed by atoms with Crippen molar-refractivity contribution in [2.75, 3.05) is 12.9 Å². The number of piperidine rings is 2. The predicted octanol–water partition coefficient (Wildman–Crippen LogP) is 0.548. The molecule has 3 aliphatic rings. The first-order valence-corrected chi connectivity index (χ1v) is 11.5. The van der Waals surface area contributed by atoms with Crippen LogP contribution < -0.4 is 5.11 Å². The quantitative estimate of drug-likeness (QED) is 0.177. The zero-order valence-electron chi connectivity index (χ0n) is 16.5. The fourth-order valence-corrected chi connectivity index (χ4v) is 4.96. The zero-order valence-corrected chi connectivity index (χ0v) is 18.9. The Kier molecular flexibility index (Phi) is 7.01. The van der Waals surface area contributed by atoms with Crippen molar-refractivity contribution in [3.63, 3.8) is 0 Å². The number of carbonyl (C=O) groups excluding carboxylic acids is 2. The van der Waals surface area contributed by atoms with Gasteiger partial charge in [0.2, 0.25) is 5.91 Å². The van der Waals surface area contributed by atoms with Gasteiger partial charge >= 0.3 is 6.09 Å². The summed E-state index contributed by atoms with van der Waals surface area (Å²) < 4.78 is 38.9. The summed E-state index contributed by atoms with van der Waals surface area (Å²) in [6.45, 7) is 8.25. The van der Waals surface area contributed by atoms with Crippen molar-refractivity contribution < 1.29 is 36.8 Å². The molecule has 10 nitrogen and oxygen atoms in total. The molecule has 0 aromatic carbocycles. The number of nitrogens with zero attached hydrogens (tertiary/aromatic N) is 2. The number of hydrogen-bond acceptors (Lipinski definition) is 9. The second kappa shape index (κ2) is 8.60. The van der Waals surface area contributed by atoms with Crippen LogP contribution in [0.3, 0.4) is 0 Å². The number of amides is 2. The molecule has 2 bridgehead atoms. The summed E-state index contributed by atoms with van der Waals surface area (Å²) in [5.41, 5.74) is -0.898. The van der Waals surface area contributed by atoms with Crippen LogP contribution in [0.2, 0.25) is 0 Å². The van der Waals surface area contributed by atoms with Crippen molar-refractivity contribution >= 4 is 44.1 Å². The minimum absolute atomic E-state index is 0.0673. The van der Waals surface area contributed by atoms with E-state index in [4.69, 9.17) is 13.7 Å². The van der Waals surface area contributed by atoms with E-state index >= 15 is 0 Å². The van der Waals surface area contributed by atoms with Gasteiger partial charge in [0.15, 0.2) is 0 Å². The summed E-state index contributed by atoms with van der Waals surface area (Å²) in [6, 6.07) is -2.08. The first kappa shape index (κ1) is 23.6. The van der Waals surface area contributed by atoms with Crippen molar-refractivity contribution in [1.29, 1.82) is 0 Å². The summed E-state index contributed by atoms with van der Waals surface area (Å²) >= 11 is 3.32. The lowest BCUT2D eigenvalue weighted by molar-refractivity contribution is -0.250. The number of rotatable bonds is 5.